The van der Waals surface area contributed by atoms with Crippen molar-refractivity contribution in [3.63, 3.8) is 0 Å². The maximum atomic E-state index is 11.8. The van der Waals surface area contributed by atoms with Gasteiger partial charge in [0.25, 0.3) is 0 Å². The second kappa shape index (κ2) is 4.57. The predicted octanol–water partition coefficient (Wildman–Crippen LogP) is 3.65. The maximum absolute atomic E-state index is 11.8. The Kier molecular flexibility index (Phi) is 4.32. The molecule has 0 bridgehead atoms. The Balaban J connectivity index is 2.94. The van der Waals surface area contributed by atoms with E-state index in [1.807, 2.05) is 0 Å². The first kappa shape index (κ1) is 13.2. The fourth-order valence-electron chi connectivity index (χ4n) is 0.976. The lowest BCUT2D eigenvalue weighted by Crippen LogP contribution is -2.30. The molecule has 0 heterocycles. The molecule has 0 amide bonds. The first-order valence-electron chi connectivity index (χ1n) is 3.59. The maximum Gasteiger partial charge on any atom is 0.235 e. The molecule has 0 radical (unpaired) electrons. The Labute approximate surface area is 113 Å². The van der Waals surface area contributed by atoms with Gasteiger partial charge in [-0.15, -0.1) is 0 Å². The van der Waals surface area contributed by atoms with E-state index in [0.29, 0.717) is 11.5 Å². The van der Waals surface area contributed by atoms with Crippen LogP contribution in [0.3, 0.4) is 0 Å². The van der Waals surface area contributed by atoms with E-state index in [4.69, 9.17) is 11.6 Å². The first-order valence-corrected chi connectivity index (χ1v) is 7.89. The Hall–Kier alpha value is 1.16. The van der Waals surface area contributed by atoms with Crippen molar-refractivity contribution in [3.8, 4) is 0 Å². The van der Waals surface area contributed by atoms with Gasteiger partial charge in [-0.2, -0.15) is 0 Å². The van der Waals surface area contributed by atoms with E-state index in [9.17, 15) is 8.42 Å². The fraction of sp³-hybridized carbons (Fsp3) is 0.429. The van der Waals surface area contributed by atoms with Crippen molar-refractivity contribution < 1.29 is 8.42 Å². The molecule has 0 saturated heterocycles. The molecular weight excluding hydrogens is 423 g/mol. The minimum Gasteiger partial charge on any atom is -0.225 e. The molecule has 1 atom stereocenters. The molecule has 0 spiro atoms. The lowest BCUT2D eigenvalue weighted by Gasteiger charge is -2.21. The molecule has 1 aliphatic carbocycles. The summed E-state index contributed by atoms with van der Waals surface area (Å²) in [6, 6.07) is 0. The van der Waals surface area contributed by atoms with Gasteiger partial charge in [0.1, 0.15) is 0 Å². The second-order valence-electron chi connectivity index (χ2n) is 2.71. The molecule has 2 nitrogen and oxygen atoms in total. The van der Waals surface area contributed by atoms with Gasteiger partial charge in [0.15, 0.2) is 9.84 Å². The van der Waals surface area contributed by atoms with E-state index < -0.39 is 16.6 Å². The van der Waals surface area contributed by atoms with Crippen molar-refractivity contribution in [1.29, 1.82) is 0 Å². The molecule has 0 N–H and O–H groups in total. The summed E-state index contributed by atoms with van der Waals surface area (Å²) in [7, 11) is -3.36. The molecule has 1 unspecified atom stereocenters. The Morgan fingerprint density at radius 1 is 1.43 bits per heavy atom. The van der Waals surface area contributed by atoms with E-state index in [1.165, 1.54) is 0 Å². The van der Waals surface area contributed by atoms with Gasteiger partial charge < -0.3 is 0 Å². The molecule has 1 aliphatic rings. The van der Waals surface area contributed by atoms with Crippen LogP contribution < -0.4 is 0 Å². The Bertz CT molecular complexity index is 380. The minimum absolute atomic E-state index is 0.391. The summed E-state index contributed by atoms with van der Waals surface area (Å²) < 4.78 is 22.4. The fourth-order valence-corrected chi connectivity index (χ4v) is 4.28. The zero-order valence-electron chi connectivity index (χ0n) is 6.75. The summed E-state index contributed by atoms with van der Waals surface area (Å²) in [5.41, 5.74) is 0. The average Bonchev–Trinajstić information content (AvgIpc) is 2.03. The van der Waals surface area contributed by atoms with Gasteiger partial charge in [-0.3, -0.25) is 0 Å². The summed E-state index contributed by atoms with van der Waals surface area (Å²) in [5, 5.41) is 0.00360. The number of hydrogen-bond acceptors (Lipinski definition) is 2. The van der Waals surface area contributed by atoms with E-state index in [-0.39, 0.29) is 0 Å². The predicted molar refractivity (Wildman–Crippen MR) is 69.9 cm³/mol. The minimum atomic E-state index is -3.36. The van der Waals surface area contributed by atoms with E-state index in [0.717, 1.165) is 0 Å². The monoisotopic (exact) mass is 426 g/mol. The summed E-state index contributed by atoms with van der Waals surface area (Å²) in [4.78, 5) is 0. The molecule has 14 heavy (non-hydrogen) atoms. The first-order chi connectivity index (χ1) is 6.25. The molecule has 0 saturated carbocycles. The van der Waals surface area contributed by atoms with Crippen LogP contribution in [-0.4, -0.2) is 15.1 Å². The van der Waals surface area contributed by atoms with Gasteiger partial charge >= 0.3 is 0 Å². The molecule has 1 rings (SSSR count). The van der Waals surface area contributed by atoms with Crippen molar-refractivity contribution in [2.24, 2.45) is 0 Å². The lowest BCUT2D eigenvalue weighted by atomic mass is 10.2. The average molecular weight is 429 g/mol. The van der Waals surface area contributed by atoms with Gasteiger partial charge in [-0.1, -0.05) is 23.8 Å². The summed E-state index contributed by atoms with van der Waals surface area (Å²) in [5.74, 6) is 0. The molecular formula is C7H6Br3ClO2S. The van der Waals surface area contributed by atoms with Gasteiger partial charge in [0.05, 0.1) is 5.25 Å². The van der Waals surface area contributed by atoms with Gasteiger partial charge in [0, 0.05) is 5.03 Å². The van der Waals surface area contributed by atoms with Crippen LogP contribution in [0.15, 0.2) is 23.3 Å². The number of alkyl halides is 3. The van der Waals surface area contributed by atoms with Crippen LogP contribution in [0.1, 0.15) is 6.42 Å². The quantitative estimate of drug-likeness (QED) is 0.597. The zero-order valence-corrected chi connectivity index (χ0v) is 13.1. The van der Waals surface area contributed by atoms with Crippen LogP contribution in [0.25, 0.3) is 0 Å². The molecule has 0 aromatic carbocycles. The highest BCUT2D eigenvalue weighted by Crippen LogP contribution is 2.43. The van der Waals surface area contributed by atoms with Crippen molar-refractivity contribution in [3.05, 3.63) is 23.3 Å². The number of rotatable bonds is 1. The molecule has 0 aromatic heterocycles. The van der Waals surface area contributed by atoms with Crippen LogP contribution in [0.2, 0.25) is 0 Å². The highest BCUT2D eigenvalue weighted by Gasteiger charge is 2.41. The summed E-state index contributed by atoms with van der Waals surface area (Å²) in [6.45, 7) is 0. The van der Waals surface area contributed by atoms with Crippen molar-refractivity contribution in [2.75, 3.05) is 0 Å². The zero-order chi connectivity index (χ0) is 11.0. The lowest BCUT2D eigenvalue weighted by molar-refractivity contribution is 0.591. The SMILES string of the molecule is O=S(=O)(C1C=CC(Cl)=CC1)C(Br)(Br)Br. The Morgan fingerprint density at radius 2 is 2.00 bits per heavy atom. The van der Waals surface area contributed by atoms with Crippen LogP contribution in [0.4, 0.5) is 0 Å². The Morgan fingerprint density at radius 3 is 2.36 bits per heavy atom. The third-order valence-electron chi connectivity index (χ3n) is 1.74. The largest absolute Gasteiger partial charge is 0.235 e. The number of allylic oxidation sites excluding steroid dienone is 3. The smallest absolute Gasteiger partial charge is 0.225 e. The van der Waals surface area contributed by atoms with E-state index in [1.54, 1.807) is 18.2 Å². The third-order valence-corrected chi connectivity index (χ3v) is 7.87. The second-order valence-corrected chi connectivity index (χ2v) is 13.8. The number of halogens is 4. The number of sulfone groups is 1. The highest BCUT2D eigenvalue weighted by atomic mass is 80.0. The van der Waals surface area contributed by atoms with Gasteiger partial charge in [-0.25, -0.2) is 8.42 Å². The van der Waals surface area contributed by atoms with Gasteiger partial charge in [-0.05, 0) is 60.3 Å². The van der Waals surface area contributed by atoms with Gasteiger partial charge in [0.2, 0.25) is 1.47 Å². The molecule has 0 aliphatic heterocycles. The normalized spacial score (nSPS) is 23.4. The summed E-state index contributed by atoms with van der Waals surface area (Å²) >= 11 is 14.7. The summed E-state index contributed by atoms with van der Waals surface area (Å²) in [6.07, 6.45) is 5.24. The van der Waals surface area contributed by atoms with Crippen molar-refractivity contribution >= 4 is 69.2 Å². The van der Waals surface area contributed by atoms with Crippen LogP contribution in [-0.2, 0) is 9.84 Å². The van der Waals surface area contributed by atoms with Crippen LogP contribution in [0.5, 0.6) is 0 Å². The topological polar surface area (TPSA) is 34.1 Å². The highest BCUT2D eigenvalue weighted by molar-refractivity contribution is 9.42. The third kappa shape index (κ3) is 2.84. The molecule has 7 heteroatoms. The van der Waals surface area contributed by atoms with E-state index >= 15 is 0 Å². The van der Waals surface area contributed by atoms with Crippen LogP contribution >= 0.6 is 59.4 Å². The van der Waals surface area contributed by atoms with Crippen LogP contribution in [0, 0.1) is 0 Å². The standard InChI is InChI=1S/C7H6Br3ClO2S/c8-7(9,10)14(12,13)6-3-1-5(11)2-4-6/h1-3,6H,4H2. The van der Waals surface area contributed by atoms with Crippen molar-refractivity contribution in [2.45, 2.75) is 13.1 Å². The molecule has 0 fully saturated rings. The van der Waals surface area contributed by atoms with E-state index in [2.05, 4.69) is 47.8 Å². The molecule has 80 valence electrons. The molecule has 0 aromatic rings. The van der Waals surface area contributed by atoms with Crippen molar-refractivity contribution in [1.82, 2.24) is 0 Å². The number of hydrogen-bond donors (Lipinski definition) is 0.